The Hall–Kier alpha value is -6.65. The monoisotopic (exact) mass is 625 g/mol. The molecule has 0 radical (unpaired) electrons. The van der Waals surface area contributed by atoms with E-state index >= 15 is 0 Å². The second kappa shape index (κ2) is 11.0. The summed E-state index contributed by atoms with van der Waals surface area (Å²) < 4.78 is 6.22. The quantitative estimate of drug-likeness (QED) is 0.195. The summed E-state index contributed by atoms with van der Waals surface area (Å²) in [5.74, 6) is 1.90. The normalized spacial score (nSPS) is 11.7. The maximum absolute atomic E-state index is 6.22. The molecule has 228 valence electrons. The van der Waals surface area contributed by atoms with Gasteiger partial charge in [-0.3, -0.25) is 0 Å². The van der Waals surface area contributed by atoms with Gasteiger partial charge in [0.05, 0.1) is 0 Å². The van der Waals surface area contributed by atoms with Gasteiger partial charge in [0.2, 0.25) is 0 Å². The van der Waals surface area contributed by atoms with E-state index in [1.807, 2.05) is 42.5 Å². The predicted molar refractivity (Wildman–Crippen MR) is 201 cm³/mol. The number of para-hydroxylation sites is 1. The van der Waals surface area contributed by atoms with Crippen molar-refractivity contribution in [3.8, 4) is 45.3 Å². The minimum atomic E-state index is 0.625. The molecule has 0 unspecified atom stereocenters. The van der Waals surface area contributed by atoms with Crippen LogP contribution in [0.5, 0.6) is 0 Å². The van der Waals surface area contributed by atoms with Gasteiger partial charge in [-0.05, 0) is 73.8 Å². The number of fused-ring (bicyclic) bond motifs is 7. The first-order valence-electron chi connectivity index (χ1n) is 16.4. The molecule has 2 heterocycles. The van der Waals surface area contributed by atoms with E-state index in [1.54, 1.807) is 0 Å². The van der Waals surface area contributed by atoms with E-state index in [0.29, 0.717) is 17.5 Å². The number of furan rings is 1. The van der Waals surface area contributed by atoms with Gasteiger partial charge < -0.3 is 4.42 Å². The smallest absolute Gasteiger partial charge is 0.164 e. The predicted octanol–water partition coefficient (Wildman–Crippen LogP) is 11.9. The van der Waals surface area contributed by atoms with Crippen LogP contribution in [0.3, 0.4) is 0 Å². The lowest BCUT2D eigenvalue weighted by Crippen LogP contribution is -2.00. The van der Waals surface area contributed by atoms with Crippen LogP contribution in [0.25, 0.3) is 99.5 Å². The highest BCUT2D eigenvalue weighted by molar-refractivity contribution is 6.19. The highest BCUT2D eigenvalue weighted by Gasteiger charge is 2.17. The summed E-state index contributed by atoms with van der Waals surface area (Å²) in [6.07, 6.45) is 0. The van der Waals surface area contributed by atoms with E-state index in [2.05, 4.69) is 121 Å². The topological polar surface area (TPSA) is 51.8 Å². The number of rotatable bonds is 4. The van der Waals surface area contributed by atoms with Gasteiger partial charge in [-0.15, -0.1) is 0 Å². The van der Waals surface area contributed by atoms with Crippen molar-refractivity contribution in [2.45, 2.75) is 0 Å². The Morgan fingerprint density at radius 1 is 0.327 bits per heavy atom. The summed E-state index contributed by atoms with van der Waals surface area (Å²) in [6.45, 7) is 0. The van der Waals surface area contributed by atoms with Gasteiger partial charge in [-0.1, -0.05) is 133 Å². The third kappa shape index (κ3) is 4.65. The lowest BCUT2D eigenvalue weighted by Gasteiger charge is -2.12. The maximum Gasteiger partial charge on any atom is 0.164 e. The fraction of sp³-hybridized carbons (Fsp3) is 0. The minimum absolute atomic E-state index is 0.625. The van der Waals surface area contributed by atoms with Crippen molar-refractivity contribution in [3.63, 3.8) is 0 Å². The van der Waals surface area contributed by atoms with Crippen molar-refractivity contribution in [1.29, 1.82) is 0 Å². The second-order valence-electron chi connectivity index (χ2n) is 12.4. The van der Waals surface area contributed by atoms with E-state index < -0.39 is 0 Å². The second-order valence-corrected chi connectivity index (χ2v) is 12.4. The Bertz CT molecular complexity index is 2890. The van der Waals surface area contributed by atoms with E-state index in [4.69, 9.17) is 19.4 Å². The summed E-state index contributed by atoms with van der Waals surface area (Å²) in [6, 6.07) is 57.0. The van der Waals surface area contributed by atoms with Crippen molar-refractivity contribution < 1.29 is 4.42 Å². The molecule has 0 spiro atoms. The first-order valence-corrected chi connectivity index (χ1v) is 16.4. The average molecular weight is 626 g/mol. The summed E-state index contributed by atoms with van der Waals surface area (Å²) >= 11 is 0. The van der Waals surface area contributed by atoms with Gasteiger partial charge in [0.15, 0.2) is 17.5 Å². The molecular formula is C45H27N3O. The Balaban J connectivity index is 1.15. The molecule has 2 aromatic heterocycles. The molecule has 0 fully saturated rings. The molecule has 0 saturated carbocycles. The fourth-order valence-electron chi connectivity index (χ4n) is 7.05. The van der Waals surface area contributed by atoms with Gasteiger partial charge in [-0.2, -0.15) is 0 Å². The molecular weight excluding hydrogens is 599 g/mol. The van der Waals surface area contributed by atoms with Crippen LogP contribution in [-0.2, 0) is 0 Å². The number of aromatic nitrogens is 3. The Morgan fingerprint density at radius 2 is 0.980 bits per heavy atom. The molecule has 8 aromatic carbocycles. The number of nitrogens with zero attached hydrogens (tertiary/aromatic N) is 3. The third-order valence-electron chi connectivity index (χ3n) is 9.49. The maximum atomic E-state index is 6.22. The zero-order valence-electron chi connectivity index (χ0n) is 26.3. The molecule has 0 aliphatic carbocycles. The molecule has 0 bridgehead atoms. The van der Waals surface area contributed by atoms with Crippen LogP contribution < -0.4 is 0 Å². The summed E-state index contributed by atoms with van der Waals surface area (Å²) in [7, 11) is 0. The molecule has 0 N–H and O–H groups in total. The van der Waals surface area contributed by atoms with Crippen molar-refractivity contribution in [3.05, 3.63) is 164 Å². The average Bonchev–Trinajstić information content (AvgIpc) is 3.56. The summed E-state index contributed by atoms with van der Waals surface area (Å²) in [5, 5.41) is 9.13. The zero-order valence-corrected chi connectivity index (χ0v) is 26.3. The van der Waals surface area contributed by atoms with Gasteiger partial charge in [0, 0.05) is 27.5 Å². The summed E-state index contributed by atoms with van der Waals surface area (Å²) in [4.78, 5) is 15.3. The minimum Gasteiger partial charge on any atom is -0.456 e. The van der Waals surface area contributed by atoms with E-state index in [9.17, 15) is 0 Å². The van der Waals surface area contributed by atoms with Crippen LogP contribution in [-0.4, -0.2) is 15.0 Å². The molecule has 0 aliphatic rings. The third-order valence-corrected chi connectivity index (χ3v) is 9.49. The van der Waals surface area contributed by atoms with E-state index in [1.165, 1.54) is 21.9 Å². The zero-order chi connectivity index (χ0) is 32.3. The van der Waals surface area contributed by atoms with Crippen molar-refractivity contribution in [2.24, 2.45) is 0 Å². The standard InChI is InChI=1S/C45H27N3O/c1-2-10-30(11-3-1)43-46-44(35-20-18-29-22-24-41-42(39(29)27-35)38-14-6-7-16-40(38)49-41)48-45(47-43)37-15-8-13-34-26-33(21-23-36(34)37)32-19-17-28-9-4-5-12-31(28)25-32/h1-27H. The molecule has 49 heavy (non-hydrogen) atoms. The highest BCUT2D eigenvalue weighted by Crippen LogP contribution is 2.37. The molecule has 10 aromatic rings. The van der Waals surface area contributed by atoms with Gasteiger partial charge in [0.1, 0.15) is 11.2 Å². The Labute approximate surface area is 282 Å². The van der Waals surface area contributed by atoms with Gasteiger partial charge in [-0.25, -0.2) is 15.0 Å². The number of hydrogen-bond donors (Lipinski definition) is 0. The van der Waals surface area contributed by atoms with Crippen LogP contribution >= 0.6 is 0 Å². The first kappa shape index (κ1) is 27.5. The largest absolute Gasteiger partial charge is 0.456 e. The molecule has 0 saturated heterocycles. The first-order chi connectivity index (χ1) is 24.2. The van der Waals surface area contributed by atoms with Crippen LogP contribution in [0.2, 0.25) is 0 Å². The molecule has 0 amide bonds. The van der Waals surface area contributed by atoms with Crippen molar-refractivity contribution in [2.75, 3.05) is 0 Å². The number of benzene rings is 8. The molecule has 0 aliphatic heterocycles. The Kier molecular flexibility index (Phi) is 6.15. The van der Waals surface area contributed by atoms with Gasteiger partial charge >= 0.3 is 0 Å². The number of hydrogen-bond acceptors (Lipinski definition) is 4. The summed E-state index contributed by atoms with van der Waals surface area (Å²) in [5.41, 5.74) is 6.93. The van der Waals surface area contributed by atoms with Crippen molar-refractivity contribution >= 4 is 54.3 Å². The molecule has 4 heteroatoms. The fourth-order valence-corrected chi connectivity index (χ4v) is 7.05. The van der Waals surface area contributed by atoms with E-state index in [0.717, 1.165) is 60.2 Å². The van der Waals surface area contributed by atoms with Crippen molar-refractivity contribution in [1.82, 2.24) is 15.0 Å². The molecule has 0 atom stereocenters. The van der Waals surface area contributed by atoms with Crippen LogP contribution in [0.15, 0.2) is 168 Å². The molecule has 4 nitrogen and oxygen atoms in total. The lowest BCUT2D eigenvalue weighted by atomic mass is 9.96. The van der Waals surface area contributed by atoms with Crippen LogP contribution in [0.4, 0.5) is 0 Å². The highest BCUT2D eigenvalue weighted by atomic mass is 16.3. The Morgan fingerprint density at radius 3 is 1.88 bits per heavy atom. The van der Waals surface area contributed by atoms with Crippen LogP contribution in [0, 0.1) is 0 Å². The molecule has 10 rings (SSSR count). The SMILES string of the molecule is c1ccc(-c2nc(-c3ccc4ccc5oc6ccccc6c5c4c3)nc(-c3cccc4cc(-c5ccc6ccccc6c5)ccc34)n2)cc1. The van der Waals surface area contributed by atoms with Crippen LogP contribution in [0.1, 0.15) is 0 Å². The van der Waals surface area contributed by atoms with Gasteiger partial charge in [0.25, 0.3) is 0 Å². The lowest BCUT2D eigenvalue weighted by molar-refractivity contribution is 0.669. The van der Waals surface area contributed by atoms with E-state index in [-0.39, 0.29) is 0 Å².